The van der Waals surface area contributed by atoms with Gasteiger partial charge in [-0.3, -0.25) is 0 Å². The third-order valence-corrected chi connectivity index (χ3v) is 5.40. The topological polar surface area (TPSA) is 3.24 Å². The SMILES string of the molecule is CCCCCCC(CC(C)C(C)(C)C)N1CCCCC1. The molecule has 0 spiro atoms. The van der Waals surface area contributed by atoms with Crippen molar-refractivity contribution in [2.24, 2.45) is 11.3 Å². The van der Waals surface area contributed by atoms with E-state index in [1.54, 1.807) is 0 Å². The predicted molar refractivity (Wildman–Crippen MR) is 91.2 cm³/mol. The smallest absolute Gasteiger partial charge is 0.00979 e. The number of hydrogen-bond acceptors (Lipinski definition) is 1. The Balaban J connectivity index is 2.49. The van der Waals surface area contributed by atoms with Gasteiger partial charge in [-0.05, 0) is 50.1 Å². The van der Waals surface area contributed by atoms with Crippen LogP contribution in [-0.4, -0.2) is 24.0 Å². The van der Waals surface area contributed by atoms with Crippen LogP contribution in [0.15, 0.2) is 0 Å². The highest BCUT2D eigenvalue weighted by molar-refractivity contribution is 4.81. The minimum Gasteiger partial charge on any atom is -0.300 e. The molecule has 1 saturated heterocycles. The van der Waals surface area contributed by atoms with E-state index in [0.29, 0.717) is 5.41 Å². The fourth-order valence-electron chi connectivity index (χ4n) is 3.30. The molecule has 20 heavy (non-hydrogen) atoms. The van der Waals surface area contributed by atoms with Crippen LogP contribution in [0.1, 0.15) is 92.4 Å². The molecule has 1 rings (SSSR count). The molecule has 0 saturated carbocycles. The van der Waals surface area contributed by atoms with Crippen molar-refractivity contribution in [1.29, 1.82) is 0 Å². The van der Waals surface area contributed by atoms with E-state index >= 15 is 0 Å². The Morgan fingerprint density at radius 2 is 1.60 bits per heavy atom. The molecule has 0 amide bonds. The summed E-state index contributed by atoms with van der Waals surface area (Å²) in [5.74, 6) is 0.820. The summed E-state index contributed by atoms with van der Waals surface area (Å²) in [4.78, 5) is 2.82. The Bertz CT molecular complexity index is 235. The molecule has 0 N–H and O–H groups in total. The van der Waals surface area contributed by atoms with Crippen molar-refractivity contribution < 1.29 is 0 Å². The molecule has 0 bridgehead atoms. The number of nitrogens with zero attached hydrogens (tertiary/aromatic N) is 1. The molecule has 0 radical (unpaired) electrons. The molecular weight excluding hydrogens is 242 g/mol. The minimum atomic E-state index is 0.456. The van der Waals surface area contributed by atoms with Gasteiger partial charge in [-0.25, -0.2) is 0 Å². The number of unbranched alkanes of at least 4 members (excludes halogenated alkanes) is 3. The Kier molecular flexibility index (Phi) is 8.17. The molecule has 0 aliphatic carbocycles. The fourth-order valence-corrected chi connectivity index (χ4v) is 3.30. The van der Waals surface area contributed by atoms with Crippen LogP contribution in [0.2, 0.25) is 0 Å². The van der Waals surface area contributed by atoms with Gasteiger partial charge in [0.25, 0.3) is 0 Å². The van der Waals surface area contributed by atoms with Gasteiger partial charge in [0.1, 0.15) is 0 Å². The molecule has 1 heterocycles. The van der Waals surface area contributed by atoms with Gasteiger partial charge < -0.3 is 4.90 Å². The van der Waals surface area contributed by atoms with Crippen molar-refractivity contribution in [2.45, 2.75) is 98.4 Å². The summed E-state index contributed by atoms with van der Waals surface area (Å²) in [6.07, 6.45) is 12.8. The number of hydrogen-bond donors (Lipinski definition) is 0. The van der Waals surface area contributed by atoms with E-state index in [-0.39, 0.29) is 0 Å². The Hall–Kier alpha value is -0.0400. The van der Waals surface area contributed by atoms with Crippen LogP contribution in [0.3, 0.4) is 0 Å². The first-order chi connectivity index (χ1) is 9.45. The zero-order valence-corrected chi connectivity index (χ0v) is 14.9. The Labute approximate surface area is 128 Å². The lowest BCUT2D eigenvalue weighted by atomic mass is 9.77. The second kappa shape index (κ2) is 9.07. The number of likely N-dealkylation sites (tertiary alicyclic amines) is 1. The maximum Gasteiger partial charge on any atom is 0.00979 e. The van der Waals surface area contributed by atoms with Crippen molar-refractivity contribution >= 4 is 0 Å². The first-order valence-electron chi connectivity index (χ1n) is 9.19. The fraction of sp³-hybridized carbons (Fsp3) is 1.00. The van der Waals surface area contributed by atoms with Crippen molar-refractivity contribution in [3.63, 3.8) is 0 Å². The summed E-state index contributed by atoms with van der Waals surface area (Å²) >= 11 is 0. The van der Waals surface area contributed by atoms with Gasteiger partial charge in [-0.2, -0.15) is 0 Å². The Morgan fingerprint density at radius 1 is 0.950 bits per heavy atom. The third-order valence-electron chi connectivity index (χ3n) is 5.40. The molecule has 0 aromatic heterocycles. The van der Waals surface area contributed by atoms with Gasteiger partial charge >= 0.3 is 0 Å². The lowest BCUT2D eigenvalue weighted by Crippen LogP contribution is -2.41. The number of rotatable bonds is 8. The van der Waals surface area contributed by atoms with E-state index < -0.39 is 0 Å². The van der Waals surface area contributed by atoms with Crippen molar-refractivity contribution in [2.75, 3.05) is 13.1 Å². The van der Waals surface area contributed by atoms with Crippen LogP contribution in [0.5, 0.6) is 0 Å². The molecule has 1 aliphatic rings. The second-order valence-corrected chi connectivity index (χ2v) is 8.10. The van der Waals surface area contributed by atoms with Crippen LogP contribution < -0.4 is 0 Å². The Morgan fingerprint density at radius 3 is 2.15 bits per heavy atom. The summed E-state index contributed by atoms with van der Waals surface area (Å²) < 4.78 is 0. The number of piperidine rings is 1. The summed E-state index contributed by atoms with van der Waals surface area (Å²) in [7, 11) is 0. The minimum absolute atomic E-state index is 0.456. The highest BCUT2D eigenvalue weighted by Crippen LogP contribution is 2.32. The summed E-state index contributed by atoms with van der Waals surface area (Å²) in [6, 6.07) is 0.849. The lowest BCUT2D eigenvalue weighted by Gasteiger charge is -2.39. The third kappa shape index (κ3) is 6.61. The van der Waals surface area contributed by atoms with Gasteiger partial charge in [0.05, 0.1) is 0 Å². The molecule has 120 valence electrons. The standard InChI is InChI=1S/C19H39N/c1-6-7-8-10-13-18(16-17(2)19(3,4)5)20-14-11-9-12-15-20/h17-18H,6-16H2,1-5H3. The van der Waals surface area contributed by atoms with Gasteiger partial charge in [0.15, 0.2) is 0 Å². The largest absolute Gasteiger partial charge is 0.300 e. The first-order valence-corrected chi connectivity index (χ1v) is 9.19. The van der Waals surface area contributed by atoms with Crippen molar-refractivity contribution in [3.8, 4) is 0 Å². The highest BCUT2D eigenvalue weighted by Gasteiger charge is 2.27. The summed E-state index contributed by atoms with van der Waals surface area (Å²) in [6.45, 7) is 14.7. The molecule has 2 atom stereocenters. The lowest BCUT2D eigenvalue weighted by molar-refractivity contribution is 0.108. The molecule has 1 heteroatoms. The molecular formula is C19H39N. The van der Waals surface area contributed by atoms with Gasteiger partial charge in [-0.1, -0.05) is 66.7 Å². The summed E-state index contributed by atoms with van der Waals surface area (Å²) in [5.41, 5.74) is 0.456. The van der Waals surface area contributed by atoms with E-state index in [0.717, 1.165) is 12.0 Å². The molecule has 0 aromatic rings. The zero-order valence-electron chi connectivity index (χ0n) is 14.9. The second-order valence-electron chi connectivity index (χ2n) is 8.10. The maximum atomic E-state index is 2.82. The van der Waals surface area contributed by atoms with Crippen molar-refractivity contribution in [3.05, 3.63) is 0 Å². The monoisotopic (exact) mass is 281 g/mol. The first kappa shape index (κ1) is 18.0. The van der Waals surface area contributed by atoms with Crippen LogP contribution in [-0.2, 0) is 0 Å². The highest BCUT2D eigenvalue weighted by atomic mass is 15.2. The van der Waals surface area contributed by atoms with E-state index in [1.165, 1.54) is 70.9 Å². The zero-order chi connectivity index (χ0) is 15.0. The molecule has 1 aliphatic heterocycles. The van der Waals surface area contributed by atoms with Gasteiger partial charge in [0.2, 0.25) is 0 Å². The van der Waals surface area contributed by atoms with E-state index in [4.69, 9.17) is 0 Å². The molecule has 1 nitrogen and oxygen atoms in total. The predicted octanol–water partition coefficient (Wildman–Crippen LogP) is 5.88. The van der Waals surface area contributed by atoms with Gasteiger partial charge in [0, 0.05) is 6.04 Å². The average molecular weight is 282 g/mol. The van der Waals surface area contributed by atoms with Crippen LogP contribution in [0.4, 0.5) is 0 Å². The normalized spacial score (nSPS) is 20.9. The van der Waals surface area contributed by atoms with E-state index in [2.05, 4.69) is 39.5 Å². The average Bonchev–Trinajstić information content (AvgIpc) is 2.42. The quantitative estimate of drug-likeness (QED) is 0.502. The van der Waals surface area contributed by atoms with Crippen LogP contribution in [0.25, 0.3) is 0 Å². The molecule has 1 fully saturated rings. The van der Waals surface area contributed by atoms with Crippen molar-refractivity contribution in [1.82, 2.24) is 4.90 Å². The summed E-state index contributed by atoms with van der Waals surface area (Å²) in [5, 5.41) is 0. The van der Waals surface area contributed by atoms with E-state index in [1.807, 2.05) is 0 Å². The van der Waals surface area contributed by atoms with Crippen LogP contribution >= 0.6 is 0 Å². The maximum absolute atomic E-state index is 2.82. The van der Waals surface area contributed by atoms with Gasteiger partial charge in [-0.15, -0.1) is 0 Å². The van der Waals surface area contributed by atoms with Crippen LogP contribution in [0, 0.1) is 11.3 Å². The molecule has 2 unspecified atom stereocenters. The van der Waals surface area contributed by atoms with E-state index in [9.17, 15) is 0 Å². The molecule has 0 aromatic carbocycles.